The zero-order valence-electron chi connectivity index (χ0n) is 17.6. The SMILES string of the molecule is Cc1cc(-c2ccnc(NC=O)c2)ccc1OC1CCOCC1.c1cc(C2CC2)on1. The summed E-state index contributed by atoms with van der Waals surface area (Å²) in [4.78, 5) is 14.6. The smallest absolute Gasteiger partial charge is 0.212 e. The van der Waals surface area contributed by atoms with Gasteiger partial charge in [0.15, 0.2) is 0 Å². The number of anilines is 1. The molecule has 0 atom stereocenters. The van der Waals surface area contributed by atoms with Crippen LogP contribution in [0.25, 0.3) is 11.1 Å². The summed E-state index contributed by atoms with van der Waals surface area (Å²) < 4.78 is 16.4. The first kappa shape index (κ1) is 21.1. The van der Waals surface area contributed by atoms with Crippen LogP contribution in [0, 0.1) is 6.92 Å². The average molecular weight is 421 g/mol. The van der Waals surface area contributed by atoms with Crippen molar-refractivity contribution in [3.63, 3.8) is 0 Å². The van der Waals surface area contributed by atoms with E-state index in [0.29, 0.717) is 18.1 Å². The fraction of sp³-hybridized carbons (Fsp3) is 0.375. The number of ether oxygens (including phenoxy) is 2. The number of benzene rings is 1. The molecule has 162 valence electrons. The van der Waals surface area contributed by atoms with Gasteiger partial charge in [0.05, 0.1) is 19.4 Å². The highest BCUT2D eigenvalue weighted by molar-refractivity contribution is 5.74. The molecule has 0 unspecified atom stereocenters. The van der Waals surface area contributed by atoms with Gasteiger partial charge in [0.1, 0.15) is 23.4 Å². The highest BCUT2D eigenvalue weighted by Gasteiger charge is 2.26. The highest BCUT2D eigenvalue weighted by atomic mass is 16.5. The van der Waals surface area contributed by atoms with Crippen molar-refractivity contribution in [1.82, 2.24) is 10.1 Å². The van der Waals surface area contributed by atoms with Crippen LogP contribution in [-0.4, -0.2) is 35.9 Å². The fourth-order valence-corrected chi connectivity index (χ4v) is 3.49. The zero-order chi connectivity index (χ0) is 21.5. The van der Waals surface area contributed by atoms with Crippen molar-refractivity contribution in [2.45, 2.75) is 44.6 Å². The summed E-state index contributed by atoms with van der Waals surface area (Å²) in [6.45, 7) is 3.58. The van der Waals surface area contributed by atoms with Crippen LogP contribution >= 0.6 is 0 Å². The van der Waals surface area contributed by atoms with Crippen LogP contribution in [-0.2, 0) is 9.53 Å². The summed E-state index contributed by atoms with van der Waals surface area (Å²) in [6.07, 6.45) is 8.69. The third-order valence-corrected chi connectivity index (χ3v) is 5.37. The van der Waals surface area contributed by atoms with E-state index in [4.69, 9.17) is 14.0 Å². The lowest BCUT2D eigenvalue weighted by Gasteiger charge is -2.24. The van der Waals surface area contributed by atoms with Gasteiger partial charge in [-0.3, -0.25) is 4.79 Å². The van der Waals surface area contributed by atoms with E-state index < -0.39 is 0 Å². The molecule has 3 aromatic rings. The first-order chi connectivity index (χ1) is 15.2. The molecule has 0 spiro atoms. The molecule has 7 heteroatoms. The summed E-state index contributed by atoms with van der Waals surface area (Å²) >= 11 is 0. The number of nitrogens with one attached hydrogen (secondary N) is 1. The van der Waals surface area contributed by atoms with Gasteiger partial charge in [-0.2, -0.15) is 0 Å². The fourth-order valence-electron chi connectivity index (χ4n) is 3.49. The largest absolute Gasteiger partial charge is 0.490 e. The number of aryl methyl sites for hydroxylation is 1. The summed E-state index contributed by atoms with van der Waals surface area (Å²) in [5, 5.41) is 6.18. The molecule has 1 aromatic carbocycles. The first-order valence-corrected chi connectivity index (χ1v) is 10.6. The van der Waals surface area contributed by atoms with Crippen LogP contribution in [0.3, 0.4) is 0 Å². The van der Waals surface area contributed by atoms with Crippen molar-refractivity contribution in [3.05, 3.63) is 60.1 Å². The summed E-state index contributed by atoms with van der Waals surface area (Å²) in [6, 6.07) is 11.8. The monoisotopic (exact) mass is 421 g/mol. The van der Waals surface area contributed by atoms with Crippen LogP contribution in [0.5, 0.6) is 5.75 Å². The molecule has 3 heterocycles. The Morgan fingerprint density at radius 3 is 2.52 bits per heavy atom. The predicted octanol–water partition coefficient (Wildman–Crippen LogP) is 4.74. The standard InChI is InChI=1S/C18H20N2O3.C6H7NO/c1-13-10-14(15-4-7-19-18(11-15)20-12-21)2-3-17(13)23-16-5-8-22-9-6-16;1-2-5(1)6-3-4-7-8-6/h2-4,7,10-12,16H,5-6,8-9H2,1H3,(H,19,20,21);3-5H,1-2H2. The Bertz CT molecular complexity index is 980. The third kappa shape index (κ3) is 5.92. The maximum Gasteiger partial charge on any atom is 0.212 e. The number of carbonyl (C=O) groups is 1. The number of hydrogen-bond donors (Lipinski definition) is 1. The molecular formula is C24H27N3O4. The minimum atomic E-state index is 0.234. The molecular weight excluding hydrogens is 394 g/mol. The number of amides is 1. The van der Waals surface area contributed by atoms with Crippen LogP contribution in [0.4, 0.5) is 5.82 Å². The van der Waals surface area contributed by atoms with Gasteiger partial charge >= 0.3 is 0 Å². The predicted molar refractivity (Wildman–Crippen MR) is 117 cm³/mol. The highest BCUT2D eigenvalue weighted by Crippen LogP contribution is 2.39. The van der Waals surface area contributed by atoms with Gasteiger partial charge in [0, 0.05) is 31.0 Å². The Morgan fingerprint density at radius 2 is 1.84 bits per heavy atom. The Labute approximate surface area is 181 Å². The van der Waals surface area contributed by atoms with Crippen LogP contribution in [0.1, 0.15) is 42.9 Å². The quantitative estimate of drug-likeness (QED) is 0.579. The molecule has 0 radical (unpaired) electrons. The van der Waals surface area contributed by atoms with E-state index in [1.807, 2.05) is 37.3 Å². The molecule has 7 nitrogen and oxygen atoms in total. The van der Waals surface area contributed by atoms with E-state index >= 15 is 0 Å². The third-order valence-electron chi connectivity index (χ3n) is 5.37. The average Bonchev–Trinajstić information content (AvgIpc) is 3.51. The second kappa shape index (κ2) is 10.2. The topological polar surface area (TPSA) is 86.5 Å². The molecule has 1 amide bonds. The number of aromatic nitrogens is 2. The summed E-state index contributed by atoms with van der Waals surface area (Å²) in [5.74, 6) is 3.22. The molecule has 2 aromatic heterocycles. The van der Waals surface area contributed by atoms with Crippen molar-refractivity contribution in [3.8, 4) is 16.9 Å². The van der Waals surface area contributed by atoms with Crippen LogP contribution < -0.4 is 10.1 Å². The van der Waals surface area contributed by atoms with Crippen molar-refractivity contribution in [2.75, 3.05) is 18.5 Å². The number of rotatable bonds is 6. The molecule has 31 heavy (non-hydrogen) atoms. The number of pyridine rings is 1. The lowest BCUT2D eigenvalue weighted by Crippen LogP contribution is -2.26. The van der Waals surface area contributed by atoms with Gasteiger partial charge in [-0.15, -0.1) is 0 Å². The Kier molecular flexibility index (Phi) is 6.94. The van der Waals surface area contributed by atoms with Crippen molar-refractivity contribution >= 4 is 12.2 Å². The van der Waals surface area contributed by atoms with Gasteiger partial charge in [0.2, 0.25) is 6.41 Å². The molecule has 1 N–H and O–H groups in total. The zero-order valence-corrected chi connectivity index (χ0v) is 17.6. The van der Waals surface area contributed by atoms with Gasteiger partial charge < -0.3 is 19.3 Å². The summed E-state index contributed by atoms with van der Waals surface area (Å²) in [7, 11) is 0. The van der Waals surface area contributed by atoms with E-state index in [9.17, 15) is 4.79 Å². The first-order valence-electron chi connectivity index (χ1n) is 10.6. The number of nitrogens with zero attached hydrogens (tertiary/aromatic N) is 2. The van der Waals surface area contributed by atoms with Crippen molar-refractivity contribution in [2.24, 2.45) is 0 Å². The molecule has 1 aliphatic heterocycles. The van der Waals surface area contributed by atoms with Crippen molar-refractivity contribution < 1.29 is 18.8 Å². The lowest BCUT2D eigenvalue weighted by atomic mass is 10.0. The molecule has 2 aliphatic rings. The van der Waals surface area contributed by atoms with Gasteiger partial charge in [-0.05, 0) is 60.7 Å². The second-order valence-corrected chi connectivity index (χ2v) is 7.79. The number of hydrogen-bond acceptors (Lipinski definition) is 6. The second-order valence-electron chi connectivity index (χ2n) is 7.79. The maximum absolute atomic E-state index is 10.5. The van der Waals surface area contributed by atoms with E-state index in [2.05, 4.69) is 21.5 Å². The Hall–Kier alpha value is -3.19. The minimum Gasteiger partial charge on any atom is -0.490 e. The maximum atomic E-state index is 10.5. The molecule has 0 bridgehead atoms. The van der Waals surface area contributed by atoms with Crippen LogP contribution in [0.2, 0.25) is 0 Å². The Balaban J connectivity index is 0.000000239. The van der Waals surface area contributed by atoms with E-state index in [0.717, 1.165) is 54.3 Å². The Morgan fingerprint density at radius 1 is 1.03 bits per heavy atom. The minimum absolute atomic E-state index is 0.234. The number of carbonyl (C=O) groups excluding carboxylic acids is 1. The van der Waals surface area contributed by atoms with Crippen molar-refractivity contribution in [1.29, 1.82) is 0 Å². The van der Waals surface area contributed by atoms with E-state index in [1.165, 1.54) is 12.8 Å². The molecule has 1 saturated carbocycles. The normalized spacial score (nSPS) is 16.2. The van der Waals surface area contributed by atoms with Gasteiger partial charge in [0.25, 0.3) is 0 Å². The van der Waals surface area contributed by atoms with E-state index in [1.54, 1.807) is 12.4 Å². The molecule has 2 fully saturated rings. The van der Waals surface area contributed by atoms with E-state index in [-0.39, 0.29) is 6.10 Å². The molecule has 5 rings (SSSR count). The molecule has 1 aliphatic carbocycles. The van der Waals surface area contributed by atoms with Gasteiger partial charge in [-0.25, -0.2) is 4.98 Å². The molecule has 1 saturated heterocycles. The lowest BCUT2D eigenvalue weighted by molar-refractivity contribution is -0.105. The van der Waals surface area contributed by atoms with Crippen LogP contribution in [0.15, 0.2) is 53.3 Å². The van der Waals surface area contributed by atoms with Gasteiger partial charge in [-0.1, -0.05) is 11.2 Å². The summed E-state index contributed by atoms with van der Waals surface area (Å²) in [5.41, 5.74) is 3.17.